The first-order valence-electron chi connectivity index (χ1n) is 6.60. The molecular weight excluding hydrogens is 320 g/mol. The van der Waals surface area contributed by atoms with Crippen LogP contribution < -0.4 is 5.32 Å². The van der Waals surface area contributed by atoms with Gasteiger partial charge in [0, 0.05) is 17.5 Å². The third kappa shape index (κ3) is 2.51. The van der Waals surface area contributed by atoms with Gasteiger partial charge in [-0.15, -0.1) is 0 Å². The van der Waals surface area contributed by atoms with Gasteiger partial charge >= 0.3 is 0 Å². The average Bonchev–Trinajstić information content (AvgIpc) is 2.88. The Morgan fingerprint density at radius 2 is 2.25 bits per heavy atom. The number of nitrogens with one attached hydrogen (secondary N) is 1. The lowest BCUT2D eigenvalue weighted by Crippen LogP contribution is -2.36. The van der Waals surface area contributed by atoms with E-state index in [4.69, 9.17) is 9.68 Å². The van der Waals surface area contributed by atoms with Crippen LogP contribution in [0.4, 0.5) is 5.82 Å². The number of nitrogens with zero attached hydrogens (tertiary/aromatic N) is 3. The molecule has 20 heavy (non-hydrogen) atoms. The Kier molecular flexibility index (Phi) is 3.64. The minimum atomic E-state index is 0.305. The molecule has 1 N–H and O–H groups in total. The van der Waals surface area contributed by atoms with E-state index in [-0.39, 0.29) is 0 Å². The van der Waals surface area contributed by atoms with Crippen molar-refractivity contribution in [3.05, 3.63) is 22.5 Å². The Morgan fingerprint density at radius 3 is 2.95 bits per heavy atom. The van der Waals surface area contributed by atoms with E-state index in [1.54, 1.807) is 12.3 Å². The van der Waals surface area contributed by atoms with Crippen LogP contribution in [0.25, 0.3) is 11.0 Å². The molecule has 3 rings (SSSR count). The van der Waals surface area contributed by atoms with E-state index in [2.05, 4.69) is 38.2 Å². The molecule has 0 aromatic carbocycles. The van der Waals surface area contributed by atoms with Gasteiger partial charge in [-0.05, 0) is 48.9 Å². The van der Waals surface area contributed by atoms with Gasteiger partial charge in [0.05, 0.1) is 10.7 Å². The summed E-state index contributed by atoms with van der Waals surface area (Å²) >= 11 is 3.56. The summed E-state index contributed by atoms with van der Waals surface area (Å²) in [6.45, 7) is 2.20. The number of nitriles is 1. The van der Waals surface area contributed by atoms with E-state index in [9.17, 15) is 0 Å². The predicted octanol–water partition coefficient (Wildman–Crippen LogP) is 2.97. The number of furan rings is 1. The van der Waals surface area contributed by atoms with Gasteiger partial charge < -0.3 is 14.6 Å². The number of pyridine rings is 1. The Bertz CT molecular complexity index is 668. The van der Waals surface area contributed by atoms with Gasteiger partial charge in [-0.3, -0.25) is 0 Å². The fraction of sp³-hybridized carbons (Fsp3) is 0.429. The van der Waals surface area contributed by atoms with E-state index in [1.807, 2.05) is 6.07 Å². The third-order valence-electron chi connectivity index (χ3n) is 3.69. The summed E-state index contributed by atoms with van der Waals surface area (Å²) < 4.78 is 6.23. The molecular formula is C14H15BrN4O. The summed E-state index contributed by atoms with van der Waals surface area (Å²) in [7, 11) is 2.14. The Balaban J connectivity index is 1.85. The number of anilines is 1. The fourth-order valence-corrected chi connectivity index (χ4v) is 3.01. The Hall–Kier alpha value is -1.58. The molecule has 0 radical (unpaired) electrons. The van der Waals surface area contributed by atoms with Gasteiger partial charge in [-0.2, -0.15) is 5.26 Å². The van der Waals surface area contributed by atoms with Crippen molar-refractivity contribution in [1.82, 2.24) is 9.88 Å². The highest BCUT2D eigenvalue weighted by Gasteiger charge is 2.19. The van der Waals surface area contributed by atoms with Crippen LogP contribution in [0.5, 0.6) is 0 Å². The number of likely N-dealkylation sites (tertiary alicyclic amines) is 1. The second-order valence-corrected chi connectivity index (χ2v) is 5.94. The molecule has 1 fully saturated rings. The molecule has 0 amide bonds. The maximum absolute atomic E-state index is 8.88. The zero-order chi connectivity index (χ0) is 14.1. The molecule has 5 nitrogen and oxygen atoms in total. The molecule has 0 bridgehead atoms. The summed E-state index contributed by atoms with van der Waals surface area (Å²) in [6.07, 6.45) is 3.88. The molecule has 1 aliphatic heterocycles. The van der Waals surface area contributed by atoms with Crippen LogP contribution >= 0.6 is 15.9 Å². The number of piperidine rings is 1. The number of halogens is 1. The molecule has 0 spiro atoms. The van der Waals surface area contributed by atoms with Crippen molar-refractivity contribution in [3.63, 3.8) is 0 Å². The summed E-state index contributed by atoms with van der Waals surface area (Å²) in [5.41, 5.74) is 0.627. The molecule has 0 saturated carbocycles. The zero-order valence-electron chi connectivity index (χ0n) is 11.2. The quantitative estimate of drug-likeness (QED) is 0.914. The van der Waals surface area contributed by atoms with Crippen LogP contribution in [-0.2, 0) is 0 Å². The van der Waals surface area contributed by atoms with Crippen molar-refractivity contribution in [2.24, 2.45) is 0 Å². The van der Waals surface area contributed by atoms with Gasteiger partial charge in [0.2, 0.25) is 5.76 Å². The van der Waals surface area contributed by atoms with Crippen molar-refractivity contribution in [2.45, 2.75) is 18.9 Å². The highest BCUT2D eigenvalue weighted by Crippen LogP contribution is 2.32. The lowest BCUT2D eigenvalue weighted by Gasteiger charge is -2.30. The molecule has 3 heterocycles. The van der Waals surface area contributed by atoms with E-state index in [0.29, 0.717) is 17.4 Å². The average molecular weight is 335 g/mol. The number of hydrogen-bond acceptors (Lipinski definition) is 5. The first kappa shape index (κ1) is 13.4. The maximum atomic E-state index is 8.88. The molecule has 1 saturated heterocycles. The fourth-order valence-electron chi connectivity index (χ4n) is 2.48. The zero-order valence-corrected chi connectivity index (χ0v) is 12.8. The van der Waals surface area contributed by atoms with Crippen LogP contribution in [0.1, 0.15) is 18.6 Å². The first-order valence-corrected chi connectivity index (χ1v) is 7.40. The first-order chi connectivity index (χ1) is 9.67. The SMILES string of the molecule is CN1CCC(Nc2ncc3oc(C#N)cc3c2Br)CC1. The monoisotopic (exact) mass is 334 g/mol. The lowest BCUT2D eigenvalue weighted by molar-refractivity contribution is 0.263. The second-order valence-electron chi connectivity index (χ2n) is 5.14. The second kappa shape index (κ2) is 5.43. The standard InChI is InChI=1S/C14H15BrN4O/c1-19-4-2-9(3-5-19)18-14-13(15)11-6-10(7-16)20-12(11)8-17-14/h6,8-9H,2-5H2,1H3,(H,17,18). The van der Waals surface area contributed by atoms with E-state index < -0.39 is 0 Å². The van der Waals surface area contributed by atoms with Crippen molar-refractivity contribution in [2.75, 3.05) is 25.5 Å². The topological polar surface area (TPSA) is 65.1 Å². The molecule has 0 atom stereocenters. The lowest BCUT2D eigenvalue weighted by atomic mass is 10.1. The van der Waals surface area contributed by atoms with Crippen LogP contribution in [0.15, 0.2) is 21.2 Å². The highest BCUT2D eigenvalue weighted by molar-refractivity contribution is 9.10. The van der Waals surface area contributed by atoms with Crippen molar-refractivity contribution < 1.29 is 4.42 Å². The van der Waals surface area contributed by atoms with E-state index in [1.165, 1.54) is 0 Å². The van der Waals surface area contributed by atoms with Gasteiger partial charge in [-0.25, -0.2) is 4.98 Å². The van der Waals surface area contributed by atoms with Crippen molar-refractivity contribution in [1.29, 1.82) is 5.26 Å². The smallest absolute Gasteiger partial charge is 0.204 e. The molecule has 0 aliphatic carbocycles. The third-order valence-corrected chi connectivity index (χ3v) is 4.49. The Morgan fingerprint density at radius 1 is 1.50 bits per heavy atom. The number of fused-ring (bicyclic) bond motifs is 1. The van der Waals surface area contributed by atoms with Crippen LogP contribution in [-0.4, -0.2) is 36.1 Å². The normalized spacial score (nSPS) is 17.2. The molecule has 2 aromatic heterocycles. The molecule has 2 aromatic rings. The number of rotatable bonds is 2. The highest BCUT2D eigenvalue weighted by atomic mass is 79.9. The summed E-state index contributed by atoms with van der Waals surface area (Å²) in [4.78, 5) is 6.72. The minimum Gasteiger partial charge on any atom is -0.444 e. The minimum absolute atomic E-state index is 0.305. The number of aromatic nitrogens is 1. The summed E-state index contributed by atoms with van der Waals surface area (Å²) in [5.74, 6) is 1.12. The van der Waals surface area contributed by atoms with Crippen LogP contribution in [0.3, 0.4) is 0 Å². The van der Waals surface area contributed by atoms with Crippen molar-refractivity contribution >= 4 is 32.7 Å². The van der Waals surface area contributed by atoms with E-state index in [0.717, 1.165) is 41.6 Å². The Labute approximate surface area is 125 Å². The van der Waals surface area contributed by atoms with Crippen LogP contribution in [0.2, 0.25) is 0 Å². The number of hydrogen-bond donors (Lipinski definition) is 1. The van der Waals surface area contributed by atoms with E-state index >= 15 is 0 Å². The summed E-state index contributed by atoms with van der Waals surface area (Å²) in [6, 6.07) is 4.18. The molecule has 0 unspecified atom stereocenters. The van der Waals surface area contributed by atoms with Crippen molar-refractivity contribution in [3.8, 4) is 6.07 Å². The molecule has 6 heteroatoms. The van der Waals surface area contributed by atoms with Gasteiger partial charge in [-0.1, -0.05) is 0 Å². The summed E-state index contributed by atoms with van der Waals surface area (Å²) in [5, 5.41) is 13.2. The molecule has 104 valence electrons. The maximum Gasteiger partial charge on any atom is 0.204 e. The molecule has 1 aliphatic rings. The van der Waals surface area contributed by atoms with Crippen LogP contribution in [0, 0.1) is 11.3 Å². The predicted molar refractivity (Wildman–Crippen MR) is 80.6 cm³/mol. The largest absolute Gasteiger partial charge is 0.444 e. The van der Waals surface area contributed by atoms with Gasteiger partial charge in [0.25, 0.3) is 0 Å². The van der Waals surface area contributed by atoms with Gasteiger partial charge in [0.15, 0.2) is 5.58 Å². The van der Waals surface area contributed by atoms with Gasteiger partial charge in [0.1, 0.15) is 11.9 Å².